The number of ether oxygens (including phenoxy) is 2. The highest BCUT2D eigenvalue weighted by molar-refractivity contribution is 6.07. The van der Waals surface area contributed by atoms with E-state index in [0.717, 1.165) is 32.5 Å². The Labute approximate surface area is 194 Å². The van der Waals surface area contributed by atoms with E-state index in [1.807, 2.05) is 18.2 Å². The van der Waals surface area contributed by atoms with Gasteiger partial charge >= 0.3 is 6.73 Å². The van der Waals surface area contributed by atoms with Crippen LogP contribution in [0.4, 0.5) is 4.39 Å². The number of hydrogen-bond acceptors (Lipinski definition) is 4. The van der Waals surface area contributed by atoms with Gasteiger partial charge in [-0.15, -0.1) is 12.4 Å². The maximum Gasteiger partial charge on any atom is 0.357 e. The van der Waals surface area contributed by atoms with E-state index in [2.05, 4.69) is 21.9 Å². The fourth-order valence-electron chi connectivity index (χ4n) is 4.77. The number of halogens is 2. The van der Waals surface area contributed by atoms with Gasteiger partial charge in [0.05, 0.1) is 7.11 Å². The van der Waals surface area contributed by atoms with Crippen molar-refractivity contribution in [2.45, 2.75) is 37.9 Å². The summed E-state index contributed by atoms with van der Waals surface area (Å²) in [5.74, 6) is 0.469. The zero-order valence-electron chi connectivity index (χ0n) is 18.2. The van der Waals surface area contributed by atoms with Crippen LogP contribution in [0.5, 0.6) is 11.5 Å². The molecule has 1 saturated heterocycles. The van der Waals surface area contributed by atoms with Gasteiger partial charge in [0.15, 0.2) is 17.2 Å². The van der Waals surface area contributed by atoms with E-state index in [1.165, 1.54) is 12.7 Å². The first kappa shape index (κ1) is 24.0. The molecule has 4 rings (SSSR count). The number of fused-ring (bicyclic) bond motifs is 1. The molecular formula is C25H28ClFN2O3. The second kappa shape index (κ2) is 10.3. The summed E-state index contributed by atoms with van der Waals surface area (Å²) in [5.41, 5.74) is 0.415. The van der Waals surface area contributed by atoms with Crippen LogP contribution in [0, 0.1) is 12.5 Å². The molecule has 1 heterocycles. The van der Waals surface area contributed by atoms with Crippen LogP contribution in [-0.2, 0) is 13.0 Å². The average Bonchev–Trinajstić information content (AvgIpc) is 3.02. The molecule has 0 aromatic heterocycles. The summed E-state index contributed by atoms with van der Waals surface area (Å²) in [4.78, 5) is 18.5. The number of piperidine rings is 1. The van der Waals surface area contributed by atoms with Crippen LogP contribution in [0.2, 0.25) is 0 Å². The Morgan fingerprint density at radius 1 is 1.19 bits per heavy atom. The largest absolute Gasteiger partial charge is 0.493 e. The molecule has 1 unspecified atom stereocenters. The number of alkyl halides is 1. The van der Waals surface area contributed by atoms with Crippen LogP contribution in [0.1, 0.15) is 40.7 Å². The van der Waals surface area contributed by atoms with Crippen LogP contribution < -0.4 is 9.47 Å². The molecule has 7 heteroatoms. The number of ketones is 1. The summed E-state index contributed by atoms with van der Waals surface area (Å²) in [6.07, 6.45) is 2.10. The van der Waals surface area contributed by atoms with Gasteiger partial charge in [-0.05, 0) is 61.5 Å². The van der Waals surface area contributed by atoms with E-state index in [-0.39, 0.29) is 37.9 Å². The molecule has 1 atom stereocenters. The molecule has 32 heavy (non-hydrogen) atoms. The van der Waals surface area contributed by atoms with Gasteiger partial charge in [-0.1, -0.05) is 30.3 Å². The number of methoxy groups -OCH3 is 1. The Balaban J connectivity index is 0.00000289. The number of rotatable bonds is 7. The third-order valence-electron chi connectivity index (χ3n) is 6.36. The Morgan fingerprint density at radius 2 is 1.91 bits per heavy atom. The van der Waals surface area contributed by atoms with Crippen molar-refractivity contribution in [3.8, 4) is 11.5 Å². The lowest BCUT2D eigenvalue weighted by Gasteiger charge is -2.34. The van der Waals surface area contributed by atoms with E-state index >= 15 is 4.39 Å². The first-order chi connectivity index (χ1) is 15.0. The molecule has 2 aromatic rings. The molecule has 0 saturated carbocycles. The van der Waals surface area contributed by atoms with Crippen molar-refractivity contribution in [1.82, 2.24) is 4.90 Å². The van der Waals surface area contributed by atoms with Gasteiger partial charge in [-0.3, -0.25) is 14.5 Å². The standard InChI is InChI=1S/C25H27FN2O3.ClH/c1-27-17-31-23-12-20-15-25(26,24(29)21(20)13-22(23)30-2)14-18-8-10-28(11-9-18)16-19-6-4-3-5-7-19;/h3-7,12-13,18H,8-11,14-17H2,2H3;1H. The molecule has 1 aliphatic heterocycles. The number of benzene rings is 2. The van der Waals surface area contributed by atoms with Gasteiger partial charge in [0.1, 0.15) is 0 Å². The highest BCUT2D eigenvalue weighted by Crippen LogP contribution is 2.43. The van der Waals surface area contributed by atoms with Gasteiger partial charge in [0.25, 0.3) is 0 Å². The maximum absolute atomic E-state index is 15.9. The lowest BCUT2D eigenvalue weighted by Crippen LogP contribution is -2.38. The minimum Gasteiger partial charge on any atom is -0.493 e. The zero-order valence-corrected chi connectivity index (χ0v) is 19.0. The molecule has 2 aliphatic rings. The quantitative estimate of drug-likeness (QED) is 0.540. The van der Waals surface area contributed by atoms with E-state index in [0.29, 0.717) is 22.6 Å². The molecule has 5 nitrogen and oxygen atoms in total. The molecule has 1 fully saturated rings. The van der Waals surface area contributed by atoms with Crippen LogP contribution in [0.25, 0.3) is 4.85 Å². The number of nitrogens with zero attached hydrogens (tertiary/aromatic N) is 2. The predicted molar refractivity (Wildman–Crippen MR) is 123 cm³/mol. The van der Waals surface area contributed by atoms with Gasteiger partial charge in [0.2, 0.25) is 5.78 Å². The van der Waals surface area contributed by atoms with E-state index in [1.54, 1.807) is 12.1 Å². The van der Waals surface area contributed by atoms with Crippen LogP contribution in [0.3, 0.4) is 0 Å². The van der Waals surface area contributed by atoms with Gasteiger partial charge in [-0.2, -0.15) is 0 Å². The minimum atomic E-state index is -1.88. The van der Waals surface area contributed by atoms with Crippen molar-refractivity contribution in [3.05, 3.63) is 70.6 Å². The number of likely N-dealkylation sites (tertiary alicyclic amines) is 1. The third kappa shape index (κ3) is 5.06. The maximum atomic E-state index is 15.9. The fraction of sp³-hybridized carbons (Fsp3) is 0.440. The SMILES string of the molecule is Cl.[C-]#[N+]COc1cc2c(cc1OC)C(=O)C(F)(CC1CCN(Cc3ccccc3)CC1)C2. The summed E-state index contributed by atoms with van der Waals surface area (Å²) in [7, 11) is 1.47. The zero-order chi connectivity index (χ0) is 21.8. The van der Waals surface area contributed by atoms with Crippen LogP contribution in [0.15, 0.2) is 42.5 Å². The van der Waals surface area contributed by atoms with Crippen molar-refractivity contribution < 1.29 is 18.7 Å². The second-order valence-corrected chi connectivity index (χ2v) is 8.47. The Bertz CT molecular complexity index is 987. The molecule has 1 aliphatic carbocycles. The van der Waals surface area contributed by atoms with Gasteiger partial charge < -0.3 is 9.47 Å². The highest BCUT2D eigenvalue weighted by atomic mass is 35.5. The summed E-state index contributed by atoms with van der Waals surface area (Å²) in [6, 6.07) is 13.6. The van der Waals surface area contributed by atoms with Gasteiger partial charge in [0, 0.05) is 18.5 Å². The summed E-state index contributed by atoms with van der Waals surface area (Å²) in [5, 5.41) is 0. The smallest absolute Gasteiger partial charge is 0.357 e. The molecule has 0 N–H and O–H groups in total. The Hall–Kier alpha value is -2.62. The second-order valence-electron chi connectivity index (χ2n) is 8.47. The normalized spacial score (nSPS) is 20.8. The lowest BCUT2D eigenvalue weighted by molar-refractivity contribution is 0.0587. The summed E-state index contributed by atoms with van der Waals surface area (Å²) < 4.78 is 26.5. The Morgan fingerprint density at radius 3 is 2.56 bits per heavy atom. The molecular weight excluding hydrogens is 431 g/mol. The van der Waals surface area contributed by atoms with Crippen LogP contribution in [-0.4, -0.2) is 43.3 Å². The van der Waals surface area contributed by atoms with Gasteiger partial charge in [-0.25, -0.2) is 11.0 Å². The topological polar surface area (TPSA) is 43.1 Å². The number of carbonyl (C=O) groups is 1. The lowest BCUT2D eigenvalue weighted by atomic mass is 9.83. The molecule has 0 spiro atoms. The first-order valence-electron chi connectivity index (χ1n) is 10.7. The van der Waals surface area contributed by atoms with E-state index < -0.39 is 11.5 Å². The monoisotopic (exact) mass is 458 g/mol. The van der Waals surface area contributed by atoms with Crippen molar-refractivity contribution in [2.24, 2.45) is 5.92 Å². The highest BCUT2D eigenvalue weighted by Gasteiger charge is 2.48. The Kier molecular flexibility index (Phi) is 7.76. The third-order valence-corrected chi connectivity index (χ3v) is 6.36. The van der Waals surface area contributed by atoms with Crippen molar-refractivity contribution >= 4 is 18.2 Å². The number of hydrogen-bond donors (Lipinski definition) is 0. The fourth-order valence-corrected chi connectivity index (χ4v) is 4.77. The number of Topliss-reactive ketones (excluding diaryl/α,β-unsaturated/α-hetero) is 1. The van der Waals surface area contributed by atoms with Crippen molar-refractivity contribution in [3.63, 3.8) is 0 Å². The minimum absolute atomic E-state index is 0. The van der Waals surface area contributed by atoms with Crippen molar-refractivity contribution in [1.29, 1.82) is 0 Å². The van der Waals surface area contributed by atoms with E-state index in [4.69, 9.17) is 16.0 Å². The summed E-state index contributed by atoms with van der Waals surface area (Å²) in [6.45, 7) is 9.48. The molecule has 170 valence electrons. The predicted octanol–water partition coefficient (Wildman–Crippen LogP) is 5.12. The molecule has 2 aromatic carbocycles. The number of carbonyl (C=O) groups excluding carboxylic acids is 1. The van der Waals surface area contributed by atoms with E-state index in [9.17, 15) is 4.79 Å². The first-order valence-corrected chi connectivity index (χ1v) is 10.7. The molecule has 0 bridgehead atoms. The van der Waals surface area contributed by atoms with Crippen LogP contribution >= 0.6 is 12.4 Å². The van der Waals surface area contributed by atoms with Crippen molar-refractivity contribution in [2.75, 3.05) is 26.9 Å². The molecule has 0 amide bonds. The summed E-state index contributed by atoms with van der Waals surface area (Å²) >= 11 is 0. The average molecular weight is 459 g/mol. The molecule has 0 radical (unpaired) electrons.